The van der Waals surface area contributed by atoms with E-state index in [-0.39, 0.29) is 6.10 Å². The lowest BCUT2D eigenvalue weighted by atomic mass is 10.3. The molecule has 1 unspecified atom stereocenters. The van der Waals surface area contributed by atoms with Crippen LogP contribution >= 0.6 is 22.7 Å². The van der Waals surface area contributed by atoms with Crippen molar-refractivity contribution in [1.29, 1.82) is 0 Å². The Morgan fingerprint density at radius 2 is 1.13 bits per heavy atom. The van der Waals surface area contributed by atoms with E-state index in [1.807, 2.05) is 6.92 Å². The molecule has 6 heteroatoms. The molecule has 4 heterocycles. The van der Waals surface area contributed by atoms with E-state index < -0.39 is 0 Å². The maximum atomic E-state index is 5.67. The van der Waals surface area contributed by atoms with Gasteiger partial charge in [-0.15, -0.1) is 22.7 Å². The van der Waals surface area contributed by atoms with Crippen molar-refractivity contribution in [2.45, 2.75) is 40.7 Å². The Balaban J connectivity index is 0.000000136. The maximum absolute atomic E-state index is 5.67. The molecule has 4 nitrogen and oxygen atoms in total. The number of hydrogen-bond acceptors (Lipinski definition) is 6. The lowest BCUT2D eigenvalue weighted by molar-refractivity contribution is 0.104. The molecule has 23 heavy (non-hydrogen) atoms. The lowest BCUT2D eigenvalue weighted by Gasteiger charge is -2.22. The molecule has 2 aromatic rings. The fourth-order valence-electron chi connectivity index (χ4n) is 2.65. The predicted molar refractivity (Wildman–Crippen MR) is 94.2 cm³/mol. The van der Waals surface area contributed by atoms with Crippen molar-refractivity contribution in [2.24, 2.45) is 0 Å². The van der Waals surface area contributed by atoms with Gasteiger partial charge in [-0.1, -0.05) is 0 Å². The van der Waals surface area contributed by atoms with Crippen LogP contribution in [0.1, 0.15) is 26.4 Å². The van der Waals surface area contributed by atoms with E-state index in [9.17, 15) is 0 Å². The van der Waals surface area contributed by atoms with E-state index in [0.717, 1.165) is 23.0 Å². The summed E-state index contributed by atoms with van der Waals surface area (Å²) in [6, 6.07) is 0. The first-order chi connectivity index (χ1) is 11.0. The second-order valence-electron chi connectivity index (χ2n) is 5.68. The molecule has 0 fully saturated rings. The topological polar surface area (TPSA) is 36.9 Å². The first-order valence-corrected chi connectivity index (χ1v) is 9.35. The number of fused-ring (bicyclic) bond motifs is 2. The molecule has 4 rings (SSSR count). The maximum Gasteiger partial charge on any atom is 0.175 e. The van der Waals surface area contributed by atoms with Crippen LogP contribution in [0.25, 0.3) is 0 Å². The summed E-state index contributed by atoms with van der Waals surface area (Å²) in [6.07, 6.45) is 0.185. The van der Waals surface area contributed by atoms with Crippen LogP contribution in [-0.2, 0) is 0 Å². The third kappa shape index (κ3) is 3.28. The van der Waals surface area contributed by atoms with Crippen LogP contribution in [0.15, 0.2) is 0 Å². The summed E-state index contributed by atoms with van der Waals surface area (Å²) < 4.78 is 22.2. The van der Waals surface area contributed by atoms with Gasteiger partial charge in [0.05, 0.1) is 0 Å². The SMILES string of the molecule is Cc1sc(C)c2c1OCC(C)O2.Cc1sc(C)c2c1OCCO2. The zero-order valence-corrected chi connectivity index (χ0v) is 15.8. The lowest BCUT2D eigenvalue weighted by Crippen LogP contribution is -2.25. The summed E-state index contributed by atoms with van der Waals surface area (Å²) in [7, 11) is 0. The molecular weight excluding hydrogens is 332 g/mol. The summed E-state index contributed by atoms with van der Waals surface area (Å²) in [5, 5.41) is 0. The molecule has 0 N–H and O–H groups in total. The highest BCUT2D eigenvalue weighted by molar-refractivity contribution is 7.12. The van der Waals surface area contributed by atoms with Gasteiger partial charge in [-0.05, 0) is 34.6 Å². The van der Waals surface area contributed by atoms with E-state index in [1.165, 1.54) is 19.5 Å². The van der Waals surface area contributed by atoms with E-state index in [0.29, 0.717) is 19.8 Å². The molecule has 1 atom stereocenters. The van der Waals surface area contributed by atoms with Crippen molar-refractivity contribution >= 4 is 22.7 Å². The summed E-state index contributed by atoms with van der Waals surface area (Å²) >= 11 is 3.47. The predicted octanol–water partition coefficient (Wildman–Crippen LogP) is 4.66. The third-order valence-electron chi connectivity index (χ3n) is 3.66. The molecule has 0 aromatic carbocycles. The molecule has 126 valence electrons. The second-order valence-corrected chi connectivity index (χ2v) is 8.54. The van der Waals surface area contributed by atoms with Gasteiger partial charge >= 0.3 is 0 Å². The van der Waals surface area contributed by atoms with Crippen molar-refractivity contribution in [3.05, 3.63) is 19.5 Å². The zero-order valence-electron chi connectivity index (χ0n) is 14.1. The highest BCUT2D eigenvalue weighted by Crippen LogP contribution is 2.44. The van der Waals surface area contributed by atoms with Crippen LogP contribution < -0.4 is 18.9 Å². The molecule has 0 bridgehead atoms. The van der Waals surface area contributed by atoms with Crippen LogP contribution in [0.2, 0.25) is 0 Å². The molecule has 2 aromatic heterocycles. The third-order valence-corrected chi connectivity index (χ3v) is 5.63. The van der Waals surface area contributed by atoms with Gasteiger partial charge in [0.2, 0.25) is 0 Å². The van der Waals surface area contributed by atoms with E-state index in [4.69, 9.17) is 18.9 Å². The summed E-state index contributed by atoms with van der Waals surface area (Å²) in [5.41, 5.74) is 0. The van der Waals surface area contributed by atoms with Gasteiger partial charge in [-0.2, -0.15) is 0 Å². The van der Waals surface area contributed by atoms with Gasteiger partial charge in [0.1, 0.15) is 25.9 Å². The quantitative estimate of drug-likeness (QED) is 0.689. The van der Waals surface area contributed by atoms with Gasteiger partial charge in [-0.25, -0.2) is 0 Å². The van der Waals surface area contributed by atoms with Gasteiger partial charge in [0.15, 0.2) is 23.0 Å². The van der Waals surface area contributed by atoms with E-state index in [2.05, 4.69) is 27.7 Å². The molecule has 2 aliphatic heterocycles. The molecule has 0 saturated carbocycles. The van der Waals surface area contributed by atoms with Crippen molar-refractivity contribution in [3.8, 4) is 23.0 Å². The van der Waals surface area contributed by atoms with E-state index >= 15 is 0 Å². The Kier molecular flexibility index (Phi) is 4.73. The minimum Gasteiger partial charge on any atom is -0.485 e. The van der Waals surface area contributed by atoms with Crippen molar-refractivity contribution in [1.82, 2.24) is 0 Å². The highest BCUT2D eigenvalue weighted by Gasteiger charge is 2.23. The molecule has 0 saturated heterocycles. The Labute approximate surface area is 145 Å². The number of thiophene rings is 2. The van der Waals surface area contributed by atoms with Crippen molar-refractivity contribution in [2.75, 3.05) is 19.8 Å². The standard InChI is InChI=1S/C9H12O2S.C8H10O2S/c1-5-4-10-8-6(2)12-7(3)9(8)11-5;1-5-7-8(6(2)11-5)10-4-3-9-7/h5H,4H2,1-3H3;3-4H2,1-2H3. The second kappa shape index (κ2) is 6.61. The molecule has 2 aliphatic rings. The largest absolute Gasteiger partial charge is 0.485 e. The smallest absolute Gasteiger partial charge is 0.175 e. The summed E-state index contributed by atoms with van der Waals surface area (Å²) in [4.78, 5) is 4.87. The van der Waals surface area contributed by atoms with Crippen LogP contribution in [0, 0.1) is 27.7 Å². The fourth-order valence-corrected chi connectivity index (χ4v) is 4.53. The average molecular weight is 354 g/mol. The van der Waals surface area contributed by atoms with Crippen molar-refractivity contribution < 1.29 is 18.9 Å². The van der Waals surface area contributed by atoms with Gasteiger partial charge in [0.25, 0.3) is 0 Å². The van der Waals surface area contributed by atoms with Crippen LogP contribution in [0.3, 0.4) is 0 Å². The normalized spacial score (nSPS) is 18.2. The number of ether oxygens (including phenoxy) is 4. The molecule has 0 spiro atoms. The number of hydrogen-bond donors (Lipinski definition) is 0. The molecule has 0 aliphatic carbocycles. The van der Waals surface area contributed by atoms with Crippen molar-refractivity contribution in [3.63, 3.8) is 0 Å². The monoisotopic (exact) mass is 354 g/mol. The Bertz CT molecular complexity index is 676. The summed E-state index contributed by atoms with van der Waals surface area (Å²) in [5.74, 6) is 3.82. The average Bonchev–Trinajstić information content (AvgIpc) is 2.97. The zero-order chi connectivity index (χ0) is 16.6. The van der Waals surface area contributed by atoms with Crippen LogP contribution in [-0.4, -0.2) is 25.9 Å². The van der Waals surface area contributed by atoms with E-state index in [1.54, 1.807) is 22.7 Å². The van der Waals surface area contributed by atoms with Gasteiger partial charge in [0, 0.05) is 19.5 Å². The van der Waals surface area contributed by atoms with Crippen LogP contribution in [0.4, 0.5) is 0 Å². The fraction of sp³-hybridized carbons (Fsp3) is 0.529. The summed E-state index contributed by atoms with van der Waals surface area (Å²) in [6.45, 7) is 12.3. The first-order valence-electron chi connectivity index (χ1n) is 7.72. The minimum atomic E-state index is 0.185. The Morgan fingerprint density at radius 1 is 0.696 bits per heavy atom. The molecule has 0 radical (unpaired) electrons. The first kappa shape index (κ1) is 16.5. The molecular formula is C17H22O4S2. The minimum absolute atomic E-state index is 0.185. The van der Waals surface area contributed by atoms with Crippen LogP contribution in [0.5, 0.6) is 23.0 Å². The number of aryl methyl sites for hydroxylation is 4. The Morgan fingerprint density at radius 3 is 1.65 bits per heavy atom. The van der Waals surface area contributed by atoms with Gasteiger partial charge < -0.3 is 18.9 Å². The molecule has 0 amide bonds. The Hall–Kier alpha value is -1.40. The number of rotatable bonds is 0. The van der Waals surface area contributed by atoms with Gasteiger partial charge in [-0.3, -0.25) is 0 Å². The highest BCUT2D eigenvalue weighted by atomic mass is 32.1.